The van der Waals surface area contributed by atoms with Crippen LogP contribution < -0.4 is 0 Å². The van der Waals surface area contributed by atoms with Gasteiger partial charge in [0.25, 0.3) is 0 Å². The summed E-state index contributed by atoms with van der Waals surface area (Å²) in [6, 6.07) is 13.8. The zero-order chi connectivity index (χ0) is 15.5. The Morgan fingerprint density at radius 3 is 2.36 bits per heavy atom. The van der Waals surface area contributed by atoms with Gasteiger partial charge in [-0.05, 0) is 60.4 Å². The van der Waals surface area contributed by atoms with Crippen molar-refractivity contribution >= 4 is 29.6 Å². The monoisotopic (exact) mass is 312 g/mol. The predicted molar refractivity (Wildman–Crippen MR) is 86.7 cm³/mol. The number of cyclic esters (lactones) is 1. The number of esters is 1. The highest BCUT2D eigenvalue weighted by atomic mass is 32.2. The number of carbonyl (C=O) groups is 1. The lowest BCUT2D eigenvalue weighted by molar-refractivity contribution is -0.130. The maximum atomic E-state index is 12.9. The van der Waals surface area contributed by atoms with E-state index in [2.05, 4.69) is 0 Å². The van der Waals surface area contributed by atoms with Crippen LogP contribution in [0.1, 0.15) is 11.1 Å². The molecule has 22 heavy (non-hydrogen) atoms. The van der Waals surface area contributed by atoms with Gasteiger partial charge in [-0.15, -0.1) is 11.8 Å². The van der Waals surface area contributed by atoms with Crippen LogP contribution in [0.3, 0.4) is 0 Å². The Balaban J connectivity index is 1.88. The smallest absolute Gasteiger partial charge is 0.343 e. The Morgan fingerprint density at radius 1 is 1.05 bits per heavy atom. The van der Waals surface area contributed by atoms with E-state index in [0.717, 1.165) is 5.56 Å². The SMILES string of the molecule is CSc1ccc(/C=C2\C=C(c3ccc(F)cc3)OC2=O)cc1. The Kier molecular flexibility index (Phi) is 4.11. The van der Waals surface area contributed by atoms with E-state index in [0.29, 0.717) is 16.9 Å². The molecule has 2 nitrogen and oxygen atoms in total. The molecule has 4 heteroatoms. The molecule has 1 aliphatic heterocycles. The van der Waals surface area contributed by atoms with Gasteiger partial charge < -0.3 is 4.74 Å². The van der Waals surface area contributed by atoms with Crippen LogP contribution in [0, 0.1) is 5.82 Å². The van der Waals surface area contributed by atoms with Gasteiger partial charge in [0.1, 0.15) is 11.6 Å². The maximum Gasteiger partial charge on any atom is 0.343 e. The first-order valence-electron chi connectivity index (χ1n) is 6.71. The zero-order valence-corrected chi connectivity index (χ0v) is 12.7. The third kappa shape index (κ3) is 3.12. The van der Waals surface area contributed by atoms with Crippen LogP contribution in [0.25, 0.3) is 11.8 Å². The molecule has 0 N–H and O–H groups in total. The minimum absolute atomic E-state index is 0.321. The highest BCUT2D eigenvalue weighted by molar-refractivity contribution is 7.98. The molecule has 0 fully saturated rings. The van der Waals surface area contributed by atoms with Crippen molar-refractivity contribution in [3.05, 3.63) is 77.1 Å². The fourth-order valence-electron chi connectivity index (χ4n) is 2.13. The predicted octanol–water partition coefficient (Wildman–Crippen LogP) is 4.53. The van der Waals surface area contributed by atoms with Crippen molar-refractivity contribution in [1.82, 2.24) is 0 Å². The van der Waals surface area contributed by atoms with Crippen molar-refractivity contribution in [1.29, 1.82) is 0 Å². The molecule has 0 amide bonds. The second kappa shape index (κ2) is 6.20. The van der Waals surface area contributed by atoms with Gasteiger partial charge in [0, 0.05) is 10.5 Å². The molecular weight excluding hydrogens is 299 g/mol. The summed E-state index contributed by atoms with van der Waals surface area (Å²) in [6.45, 7) is 0. The number of carbonyl (C=O) groups excluding carboxylic acids is 1. The van der Waals surface area contributed by atoms with E-state index < -0.39 is 5.97 Å². The van der Waals surface area contributed by atoms with Crippen LogP contribution in [0.15, 0.2) is 65.1 Å². The van der Waals surface area contributed by atoms with Crippen molar-refractivity contribution in [3.63, 3.8) is 0 Å². The van der Waals surface area contributed by atoms with Gasteiger partial charge in [0.05, 0.1) is 5.57 Å². The van der Waals surface area contributed by atoms with Crippen LogP contribution >= 0.6 is 11.8 Å². The quantitative estimate of drug-likeness (QED) is 0.473. The third-order valence-corrected chi connectivity index (χ3v) is 4.04. The van der Waals surface area contributed by atoms with Gasteiger partial charge in [-0.1, -0.05) is 12.1 Å². The molecule has 3 rings (SSSR count). The van der Waals surface area contributed by atoms with Gasteiger partial charge >= 0.3 is 5.97 Å². The first kappa shape index (κ1) is 14.6. The third-order valence-electron chi connectivity index (χ3n) is 3.29. The topological polar surface area (TPSA) is 26.3 Å². The Morgan fingerprint density at radius 2 is 1.73 bits per heavy atom. The lowest BCUT2D eigenvalue weighted by Gasteiger charge is -2.00. The molecule has 0 radical (unpaired) electrons. The molecule has 110 valence electrons. The van der Waals surface area contributed by atoms with Crippen LogP contribution in [0.4, 0.5) is 4.39 Å². The fraction of sp³-hybridized carbons (Fsp3) is 0.0556. The van der Waals surface area contributed by atoms with Crippen LogP contribution in [0.5, 0.6) is 0 Å². The number of rotatable bonds is 3. The average molecular weight is 312 g/mol. The normalized spacial score (nSPS) is 15.8. The summed E-state index contributed by atoms with van der Waals surface area (Å²) in [6.07, 6.45) is 5.47. The van der Waals surface area contributed by atoms with Crippen molar-refractivity contribution < 1.29 is 13.9 Å². The van der Waals surface area contributed by atoms with E-state index in [1.807, 2.05) is 30.5 Å². The molecule has 0 unspecified atom stereocenters. The molecule has 1 heterocycles. The van der Waals surface area contributed by atoms with Crippen molar-refractivity contribution in [2.75, 3.05) is 6.26 Å². The second-order valence-electron chi connectivity index (χ2n) is 4.78. The number of thioether (sulfide) groups is 1. The molecule has 2 aromatic rings. The molecule has 2 aromatic carbocycles. The molecule has 0 saturated carbocycles. The summed E-state index contributed by atoms with van der Waals surface area (Å²) in [5.74, 6) is -0.274. The highest BCUT2D eigenvalue weighted by Gasteiger charge is 2.21. The number of hydrogen-bond donors (Lipinski definition) is 0. The summed E-state index contributed by atoms with van der Waals surface area (Å²) in [5.41, 5.74) is 2.09. The first-order valence-corrected chi connectivity index (χ1v) is 7.94. The Labute approximate surface area is 132 Å². The lowest BCUT2D eigenvalue weighted by Crippen LogP contribution is -1.97. The molecule has 0 aromatic heterocycles. The Hall–Kier alpha value is -2.33. The van der Waals surface area contributed by atoms with Crippen molar-refractivity contribution in [2.24, 2.45) is 0 Å². The summed E-state index contributed by atoms with van der Waals surface area (Å²) in [4.78, 5) is 13.1. The highest BCUT2D eigenvalue weighted by Crippen LogP contribution is 2.27. The fourth-order valence-corrected chi connectivity index (χ4v) is 2.53. The van der Waals surface area contributed by atoms with E-state index in [-0.39, 0.29) is 5.82 Å². The van der Waals surface area contributed by atoms with Gasteiger partial charge in [0.15, 0.2) is 0 Å². The second-order valence-corrected chi connectivity index (χ2v) is 5.66. The number of ether oxygens (including phenoxy) is 1. The molecule has 0 saturated heterocycles. The van der Waals surface area contributed by atoms with E-state index in [1.165, 1.54) is 17.0 Å². The van der Waals surface area contributed by atoms with Gasteiger partial charge in [-0.25, -0.2) is 9.18 Å². The van der Waals surface area contributed by atoms with Gasteiger partial charge in [0.2, 0.25) is 0 Å². The molecule has 0 spiro atoms. The molecule has 0 bridgehead atoms. The minimum atomic E-state index is -0.395. The number of halogens is 1. The average Bonchev–Trinajstić information content (AvgIpc) is 2.90. The minimum Gasteiger partial charge on any atom is -0.422 e. The summed E-state index contributed by atoms with van der Waals surface area (Å²) >= 11 is 1.66. The summed E-state index contributed by atoms with van der Waals surface area (Å²) in [7, 11) is 0. The van der Waals surface area contributed by atoms with Crippen molar-refractivity contribution in [2.45, 2.75) is 4.90 Å². The largest absolute Gasteiger partial charge is 0.422 e. The summed E-state index contributed by atoms with van der Waals surface area (Å²) < 4.78 is 18.2. The number of benzene rings is 2. The van der Waals surface area contributed by atoms with Gasteiger partial charge in [-0.2, -0.15) is 0 Å². The molecule has 0 aliphatic carbocycles. The number of hydrogen-bond acceptors (Lipinski definition) is 3. The maximum absolute atomic E-state index is 12.9. The molecular formula is C18H13FO2S. The van der Waals surface area contributed by atoms with Crippen LogP contribution in [-0.2, 0) is 9.53 Å². The zero-order valence-electron chi connectivity index (χ0n) is 11.9. The van der Waals surface area contributed by atoms with E-state index >= 15 is 0 Å². The molecule has 0 atom stereocenters. The van der Waals surface area contributed by atoms with E-state index in [4.69, 9.17) is 4.74 Å². The van der Waals surface area contributed by atoms with Crippen LogP contribution in [0.2, 0.25) is 0 Å². The standard InChI is InChI=1S/C18H13FO2S/c1-22-16-8-2-12(3-9-16)10-14-11-17(21-18(14)20)13-4-6-15(19)7-5-13/h2-11H,1H3/b14-10+. The lowest BCUT2D eigenvalue weighted by atomic mass is 10.1. The Bertz CT molecular complexity index is 759. The first-order chi connectivity index (χ1) is 10.7. The van der Waals surface area contributed by atoms with E-state index in [9.17, 15) is 9.18 Å². The van der Waals surface area contributed by atoms with E-state index in [1.54, 1.807) is 36.0 Å². The van der Waals surface area contributed by atoms with Crippen LogP contribution in [-0.4, -0.2) is 12.2 Å². The van der Waals surface area contributed by atoms with Gasteiger partial charge in [-0.3, -0.25) is 0 Å². The molecule has 1 aliphatic rings. The van der Waals surface area contributed by atoms with Crippen molar-refractivity contribution in [3.8, 4) is 0 Å². The summed E-state index contributed by atoms with van der Waals surface area (Å²) in [5, 5.41) is 0.